The van der Waals surface area contributed by atoms with Crippen LogP contribution in [0.15, 0.2) is 54.6 Å². The number of amides is 1. The number of benzene rings is 2. The van der Waals surface area contributed by atoms with Crippen LogP contribution in [0, 0.1) is 0 Å². The smallest absolute Gasteiger partial charge is 0.256 e. The Labute approximate surface area is 136 Å². The molecule has 0 radical (unpaired) electrons. The van der Waals surface area contributed by atoms with E-state index >= 15 is 0 Å². The van der Waals surface area contributed by atoms with Crippen LogP contribution in [0.2, 0.25) is 0 Å². The minimum atomic E-state index is -0.0680. The van der Waals surface area contributed by atoms with E-state index in [1.807, 2.05) is 48.5 Å². The van der Waals surface area contributed by atoms with Crippen LogP contribution in [0.25, 0.3) is 5.57 Å². The summed E-state index contributed by atoms with van der Waals surface area (Å²) in [6.45, 7) is 2.14. The number of para-hydroxylation sites is 1. The number of carbonyl (C=O) groups is 1. The molecule has 4 N–H and O–H groups in total. The third-order valence-electron chi connectivity index (χ3n) is 3.92. The molecule has 0 saturated carbocycles. The van der Waals surface area contributed by atoms with Gasteiger partial charge >= 0.3 is 0 Å². The van der Waals surface area contributed by atoms with Gasteiger partial charge in [0.1, 0.15) is 0 Å². The van der Waals surface area contributed by atoms with Gasteiger partial charge in [0, 0.05) is 34.2 Å². The van der Waals surface area contributed by atoms with Crippen LogP contribution in [-0.2, 0) is 4.79 Å². The summed E-state index contributed by atoms with van der Waals surface area (Å²) in [5, 5.41) is 6.38. The van der Waals surface area contributed by atoms with Gasteiger partial charge in [0.2, 0.25) is 0 Å². The predicted octanol–water partition coefficient (Wildman–Crippen LogP) is 3.89. The second-order valence-corrected chi connectivity index (χ2v) is 5.75. The summed E-state index contributed by atoms with van der Waals surface area (Å²) in [6.07, 6.45) is 3.99. The third-order valence-corrected chi connectivity index (χ3v) is 3.92. The topological polar surface area (TPSA) is 67.2 Å². The van der Waals surface area contributed by atoms with Gasteiger partial charge in [-0.15, -0.1) is 0 Å². The van der Waals surface area contributed by atoms with E-state index in [-0.39, 0.29) is 11.9 Å². The molecular weight excluding hydrogens is 286 g/mol. The summed E-state index contributed by atoms with van der Waals surface area (Å²) >= 11 is 0. The van der Waals surface area contributed by atoms with Crippen molar-refractivity contribution in [3.8, 4) is 0 Å². The van der Waals surface area contributed by atoms with Crippen LogP contribution >= 0.6 is 0 Å². The molecule has 0 aromatic heterocycles. The molecule has 2 aromatic rings. The standard InChI is InChI=1S/C19H21N3O/c1-2-6-15(21-14-7-4-3-5-8-14)12-17-16-11-13(20)9-10-18(16)22-19(17)23/h3-5,7-12,15,21H,2,6,20H2,1H3,(H,22,23). The lowest BCUT2D eigenvalue weighted by molar-refractivity contribution is -0.110. The molecule has 0 fully saturated rings. The van der Waals surface area contributed by atoms with Gasteiger partial charge in [-0.05, 0) is 42.8 Å². The Morgan fingerprint density at radius 1 is 1.22 bits per heavy atom. The molecule has 1 amide bonds. The van der Waals surface area contributed by atoms with E-state index in [0.29, 0.717) is 11.3 Å². The number of carbonyl (C=O) groups excluding carboxylic acids is 1. The largest absolute Gasteiger partial charge is 0.399 e. The van der Waals surface area contributed by atoms with Crippen LogP contribution in [0.4, 0.5) is 17.1 Å². The lowest BCUT2D eigenvalue weighted by Crippen LogP contribution is -2.18. The molecule has 3 rings (SSSR count). The van der Waals surface area contributed by atoms with Crippen LogP contribution in [0.3, 0.4) is 0 Å². The fraction of sp³-hybridized carbons (Fsp3) is 0.211. The zero-order valence-electron chi connectivity index (χ0n) is 13.2. The van der Waals surface area contributed by atoms with Crippen molar-refractivity contribution < 1.29 is 4.79 Å². The summed E-state index contributed by atoms with van der Waals surface area (Å²) in [4.78, 5) is 12.3. The molecule has 118 valence electrons. The molecular formula is C19H21N3O. The van der Waals surface area contributed by atoms with E-state index in [0.717, 1.165) is 29.8 Å². The highest BCUT2D eigenvalue weighted by molar-refractivity contribution is 6.31. The Balaban J connectivity index is 1.91. The average Bonchev–Trinajstić information content (AvgIpc) is 2.84. The molecule has 1 heterocycles. The minimum Gasteiger partial charge on any atom is -0.399 e. The Bertz CT molecular complexity index is 738. The number of rotatable bonds is 5. The van der Waals surface area contributed by atoms with Crippen molar-refractivity contribution >= 4 is 28.5 Å². The molecule has 4 nitrogen and oxygen atoms in total. The first-order chi connectivity index (χ1) is 11.2. The lowest BCUT2D eigenvalue weighted by Gasteiger charge is -2.16. The fourth-order valence-electron chi connectivity index (χ4n) is 2.83. The van der Waals surface area contributed by atoms with E-state index in [1.54, 1.807) is 6.07 Å². The highest BCUT2D eigenvalue weighted by Gasteiger charge is 2.25. The molecule has 1 aliphatic heterocycles. The first kappa shape index (κ1) is 15.2. The monoisotopic (exact) mass is 307 g/mol. The Morgan fingerprint density at radius 3 is 2.74 bits per heavy atom. The number of nitrogens with one attached hydrogen (secondary N) is 2. The molecule has 0 spiro atoms. The van der Waals surface area contributed by atoms with Crippen molar-refractivity contribution in [2.24, 2.45) is 0 Å². The van der Waals surface area contributed by atoms with Crippen molar-refractivity contribution in [1.29, 1.82) is 0 Å². The molecule has 0 aliphatic carbocycles. The maximum absolute atomic E-state index is 12.3. The molecule has 23 heavy (non-hydrogen) atoms. The molecule has 1 atom stereocenters. The van der Waals surface area contributed by atoms with E-state index in [2.05, 4.69) is 17.6 Å². The summed E-state index contributed by atoms with van der Waals surface area (Å²) in [5.74, 6) is -0.0680. The second-order valence-electron chi connectivity index (χ2n) is 5.75. The first-order valence-electron chi connectivity index (χ1n) is 7.92. The number of nitrogens with two attached hydrogens (primary N) is 1. The summed E-state index contributed by atoms with van der Waals surface area (Å²) in [6, 6.07) is 15.6. The van der Waals surface area contributed by atoms with E-state index < -0.39 is 0 Å². The van der Waals surface area contributed by atoms with Crippen molar-refractivity contribution in [1.82, 2.24) is 0 Å². The Hall–Kier alpha value is -2.75. The van der Waals surface area contributed by atoms with Crippen LogP contribution < -0.4 is 16.4 Å². The number of anilines is 3. The number of hydrogen-bond acceptors (Lipinski definition) is 3. The lowest BCUT2D eigenvalue weighted by atomic mass is 10.0. The van der Waals surface area contributed by atoms with Crippen molar-refractivity contribution in [3.05, 3.63) is 60.2 Å². The first-order valence-corrected chi connectivity index (χ1v) is 7.92. The Morgan fingerprint density at radius 2 is 2.00 bits per heavy atom. The second kappa shape index (κ2) is 6.57. The molecule has 0 saturated heterocycles. The maximum atomic E-state index is 12.3. The zero-order chi connectivity index (χ0) is 16.2. The van der Waals surface area contributed by atoms with Crippen molar-refractivity contribution in [2.75, 3.05) is 16.4 Å². The third kappa shape index (κ3) is 3.37. The van der Waals surface area contributed by atoms with Crippen LogP contribution in [-0.4, -0.2) is 11.9 Å². The average molecular weight is 307 g/mol. The van der Waals surface area contributed by atoms with Gasteiger partial charge in [-0.25, -0.2) is 0 Å². The van der Waals surface area contributed by atoms with E-state index in [1.165, 1.54) is 0 Å². The van der Waals surface area contributed by atoms with Gasteiger partial charge in [-0.1, -0.05) is 31.5 Å². The van der Waals surface area contributed by atoms with Crippen molar-refractivity contribution in [2.45, 2.75) is 25.8 Å². The normalized spacial score (nSPS) is 16.0. The number of fused-ring (bicyclic) bond motifs is 1. The highest BCUT2D eigenvalue weighted by Crippen LogP contribution is 2.33. The SMILES string of the molecule is CCCC(C=C1C(=O)Nc2ccc(N)cc21)Nc1ccccc1. The highest BCUT2D eigenvalue weighted by atomic mass is 16.2. The summed E-state index contributed by atoms with van der Waals surface area (Å²) in [5.41, 5.74) is 9.97. The van der Waals surface area contributed by atoms with E-state index in [9.17, 15) is 4.79 Å². The van der Waals surface area contributed by atoms with Crippen LogP contribution in [0.1, 0.15) is 25.3 Å². The van der Waals surface area contributed by atoms with Gasteiger partial charge in [-0.2, -0.15) is 0 Å². The van der Waals surface area contributed by atoms with Gasteiger partial charge in [-0.3, -0.25) is 4.79 Å². The van der Waals surface area contributed by atoms with Gasteiger partial charge in [0.05, 0.1) is 0 Å². The van der Waals surface area contributed by atoms with E-state index in [4.69, 9.17) is 5.73 Å². The molecule has 0 bridgehead atoms. The van der Waals surface area contributed by atoms with Gasteiger partial charge in [0.25, 0.3) is 5.91 Å². The predicted molar refractivity (Wildman–Crippen MR) is 96.2 cm³/mol. The van der Waals surface area contributed by atoms with Crippen molar-refractivity contribution in [3.63, 3.8) is 0 Å². The number of nitrogen functional groups attached to an aromatic ring is 1. The summed E-state index contributed by atoms with van der Waals surface area (Å²) in [7, 11) is 0. The Kier molecular flexibility index (Phi) is 4.33. The van der Waals surface area contributed by atoms with Gasteiger partial charge in [0.15, 0.2) is 0 Å². The molecule has 2 aromatic carbocycles. The fourth-order valence-corrected chi connectivity index (χ4v) is 2.83. The number of hydrogen-bond donors (Lipinski definition) is 3. The zero-order valence-corrected chi connectivity index (χ0v) is 13.2. The van der Waals surface area contributed by atoms with Crippen LogP contribution in [0.5, 0.6) is 0 Å². The summed E-state index contributed by atoms with van der Waals surface area (Å²) < 4.78 is 0. The molecule has 1 unspecified atom stereocenters. The molecule has 4 heteroatoms. The quantitative estimate of drug-likeness (QED) is 0.580. The molecule has 1 aliphatic rings. The maximum Gasteiger partial charge on any atom is 0.256 e. The van der Waals surface area contributed by atoms with Gasteiger partial charge < -0.3 is 16.4 Å². The minimum absolute atomic E-state index is 0.0680.